The molecule has 0 spiro atoms. The molecule has 0 saturated heterocycles. The van der Waals surface area contributed by atoms with E-state index in [4.69, 9.17) is 0 Å². The Morgan fingerprint density at radius 1 is 1.28 bits per heavy atom. The van der Waals surface area contributed by atoms with Gasteiger partial charge in [-0.1, -0.05) is 0 Å². The van der Waals surface area contributed by atoms with Gasteiger partial charge in [0.2, 0.25) is 11.8 Å². The van der Waals surface area contributed by atoms with Crippen molar-refractivity contribution in [3.05, 3.63) is 0 Å². The Morgan fingerprint density at radius 2 is 1.96 bits per heavy atom. The standard InChI is InChI=1S/C18H24FN3O3/c1-10-14(23)21-13(22-15(10)24)2-3-20-16(25)17-5-11-4-12(6-17)8-18(19,7-11)9-17/h10-12H,2-9H2,1H3,(H,20,25)(H,21,22,23,24)/t11-,12-,17?,18?/m1/s1. The molecule has 1 aliphatic heterocycles. The van der Waals surface area contributed by atoms with Crippen LogP contribution >= 0.6 is 0 Å². The Balaban J connectivity index is 1.36. The summed E-state index contributed by atoms with van der Waals surface area (Å²) >= 11 is 0. The van der Waals surface area contributed by atoms with Crippen LogP contribution in [-0.2, 0) is 14.4 Å². The minimum atomic E-state index is -1.16. The second-order valence-corrected chi connectivity index (χ2v) is 8.51. The zero-order valence-electron chi connectivity index (χ0n) is 14.4. The van der Waals surface area contributed by atoms with Crippen LogP contribution in [0.4, 0.5) is 4.39 Å². The third kappa shape index (κ3) is 2.87. The highest BCUT2D eigenvalue weighted by Gasteiger charge is 2.61. The number of amidine groups is 1. The molecule has 3 atom stereocenters. The summed E-state index contributed by atoms with van der Waals surface area (Å²) in [6.07, 6.45) is 4.49. The molecule has 3 amide bonds. The van der Waals surface area contributed by atoms with Gasteiger partial charge in [-0.15, -0.1) is 0 Å². The molecule has 0 aromatic heterocycles. The summed E-state index contributed by atoms with van der Waals surface area (Å²) in [6.45, 7) is 1.80. The highest BCUT2D eigenvalue weighted by atomic mass is 19.1. The minimum Gasteiger partial charge on any atom is -0.355 e. The van der Waals surface area contributed by atoms with Crippen molar-refractivity contribution >= 4 is 23.6 Å². The largest absolute Gasteiger partial charge is 0.355 e. The first-order chi connectivity index (χ1) is 11.8. The molecule has 7 heteroatoms. The summed E-state index contributed by atoms with van der Waals surface area (Å²) in [5, 5.41) is 5.49. The maximum absolute atomic E-state index is 14.9. The van der Waals surface area contributed by atoms with Gasteiger partial charge in [-0.05, 0) is 57.3 Å². The van der Waals surface area contributed by atoms with Crippen molar-refractivity contribution in [3.8, 4) is 0 Å². The number of carbonyl (C=O) groups excluding carboxylic acids is 3. The molecule has 4 saturated carbocycles. The average Bonchev–Trinajstić information content (AvgIpc) is 2.50. The lowest BCUT2D eigenvalue weighted by Gasteiger charge is -2.58. The number of hydrogen-bond donors (Lipinski definition) is 2. The summed E-state index contributed by atoms with van der Waals surface area (Å²) in [4.78, 5) is 39.9. The number of alkyl halides is 1. The molecular weight excluding hydrogens is 325 g/mol. The molecule has 6 nitrogen and oxygen atoms in total. The highest BCUT2D eigenvalue weighted by Crippen LogP contribution is 2.62. The normalized spacial score (nSPS) is 42.2. The van der Waals surface area contributed by atoms with Gasteiger partial charge in [0.25, 0.3) is 5.91 Å². The molecule has 136 valence electrons. The maximum atomic E-state index is 14.9. The first-order valence-corrected chi connectivity index (χ1v) is 9.18. The summed E-state index contributed by atoms with van der Waals surface area (Å²) < 4.78 is 14.9. The first kappa shape index (κ1) is 16.7. The maximum Gasteiger partial charge on any atom is 0.259 e. The van der Waals surface area contributed by atoms with E-state index in [1.165, 1.54) is 6.92 Å². The number of amides is 3. The number of hydrogen-bond acceptors (Lipinski definition) is 3. The van der Waals surface area contributed by atoms with Crippen molar-refractivity contribution in [2.24, 2.45) is 28.2 Å². The quantitative estimate of drug-likeness (QED) is 0.754. The van der Waals surface area contributed by atoms with E-state index in [2.05, 4.69) is 15.6 Å². The molecule has 0 radical (unpaired) electrons. The van der Waals surface area contributed by atoms with Crippen LogP contribution in [0.1, 0.15) is 51.9 Å². The van der Waals surface area contributed by atoms with Crippen molar-refractivity contribution in [3.63, 3.8) is 0 Å². The van der Waals surface area contributed by atoms with Gasteiger partial charge in [0.1, 0.15) is 17.4 Å². The third-order valence-electron chi connectivity index (χ3n) is 6.40. The van der Waals surface area contributed by atoms with Crippen molar-refractivity contribution in [1.29, 1.82) is 0 Å². The van der Waals surface area contributed by atoms with Gasteiger partial charge < -0.3 is 10.6 Å². The lowest BCUT2D eigenvalue weighted by Crippen LogP contribution is -2.59. The Kier molecular flexibility index (Phi) is 3.74. The van der Waals surface area contributed by atoms with Gasteiger partial charge in [-0.2, -0.15) is 4.99 Å². The predicted molar refractivity (Wildman–Crippen MR) is 88.3 cm³/mol. The topological polar surface area (TPSA) is 87.6 Å². The van der Waals surface area contributed by atoms with Gasteiger partial charge in [0, 0.05) is 13.0 Å². The molecule has 4 aliphatic carbocycles. The van der Waals surface area contributed by atoms with Gasteiger partial charge >= 0.3 is 0 Å². The molecule has 0 aromatic rings. The summed E-state index contributed by atoms with van der Waals surface area (Å²) in [7, 11) is 0. The fraction of sp³-hybridized carbons (Fsp3) is 0.778. The van der Waals surface area contributed by atoms with E-state index in [-0.39, 0.29) is 18.4 Å². The van der Waals surface area contributed by atoms with Crippen molar-refractivity contribution in [2.75, 3.05) is 6.54 Å². The molecule has 5 aliphatic rings. The fourth-order valence-corrected chi connectivity index (χ4v) is 5.64. The van der Waals surface area contributed by atoms with Crippen LogP contribution in [0.5, 0.6) is 0 Å². The molecular formula is C18H24FN3O3. The molecule has 2 N–H and O–H groups in total. The number of nitrogens with one attached hydrogen (secondary N) is 2. The Hall–Kier alpha value is -1.79. The number of halogens is 1. The molecule has 0 unspecified atom stereocenters. The van der Waals surface area contributed by atoms with Crippen LogP contribution in [0, 0.1) is 23.2 Å². The molecule has 4 bridgehead atoms. The number of nitrogens with zero attached hydrogens (tertiary/aromatic N) is 1. The Labute approximate surface area is 146 Å². The Bertz CT molecular complexity index is 660. The van der Waals surface area contributed by atoms with Gasteiger partial charge in [-0.3, -0.25) is 14.4 Å². The van der Waals surface area contributed by atoms with Gasteiger partial charge in [-0.25, -0.2) is 4.39 Å². The summed E-state index contributed by atoms with van der Waals surface area (Å²) in [5.41, 5.74) is -1.73. The second-order valence-electron chi connectivity index (χ2n) is 8.51. The van der Waals surface area contributed by atoms with Crippen LogP contribution in [0.2, 0.25) is 0 Å². The van der Waals surface area contributed by atoms with E-state index < -0.39 is 22.9 Å². The second kappa shape index (κ2) is 5.61. The van der Waals surface area contributed by atoms with E-state index in [1.807, 2.05) is 0 Å². The van der Waals surface area contributed by atoms with Crippen LogP contribution in [0.25, 0.3) is 0 Å². The van der Waals surface area contributed by atoms with Crippen LogP contribution in [-0.4, -0.2) is 35.8 Å². The van der Waals surface area contributed by atoms with E-state index in [1.54, 1.807) is 0 Å². The van der Waals surface area contributed by atoms with Crippen LogP contribution < -0.4 is 10.6 Å². The van der Waals surface area contributed by atoms with E-state index in [0.717, 1.165) is 19.3 Å². The number of carbonyl (C=O) groups is 3. The van der Waals surface area contributed by atoms with Crippen LogP contribution in [0.15, 0.2) is 4.99 Å². The zero-order valence-corrected chi connectivity index (χ0v) is 14.4. The Morgan fingerprint density at radius 3 is 2.56 bits per heavy atom. The molecule has 1 heterocycles. The molecule has 0 aromatic carbocycles. The van der Waals surface area contributed by atoms with Crippen LogP contribution in [0.3, 0.4) is 0 Å². The predicted octanol–water partition coefficient (Wildman–Crippen LogP) is 1.49. The minimum absolute atomic E-state index is 0.0777. The van der Waals surface area contributed by atoms with E-state index in [0.29, 0.717) is 43.4 Å². The smallest absolute Gasteiger partial charge is 0.259 e. The van der Waals surface area contributed by atoms with Crippen molar-refractivity contribution < 1.29 is 18.8 Å². The van der Waals surface area contributed by atoms with Crippen molar-refractivity contribution in [1.82, 2.24) is 10.6 Å². The summed E-state index contributed by atoms with van der Waals surface area (Å²) in [6, 6.07) is 0. The molecule has 25 heavy (non-hydrogen) atoms. The van der Waals surface area contributed by atoms with Crippen molar-refractivity contribution in [2.45, 2.75) is 57.5 Å². The fourth-order valence-electron chi connectivity index (χ4n) is 5.64. The lowest BCUT2D eigenvalue weighted by molar-refractivity contribution is -0.160. The number of aliphatic imine (C=N–C) groups is 1. The van der Waals surface area contributed by atoms with Gasteiger partial charge in [0.05, 0.1) is 5.41 Å². The highest BCUT2D eigenvalue weighted by molar-refractivity contribution is 6.15. The summed E-state index contributed by atoms with van der Waals surface area (Å²) in [5.74, 6) is -0.693. The average molecular weight is 349 g/mol. The first-order valence-electron chi connectivity index (χ1n) is 9.18. The SMILES string of the molecule is C[C@H]1C(=O)N=C(CCNC(=O)C23C[C@H]4C[C@@H](CC(F)(C4)C2)C3)NC1=O. The number of rotatable bonds is 4. The third-order valence-corrected chi connectivity index (χ3v) is 6.40. The monoisotopic (exact) mass is 349 g/mol. The molecule has 4 fully saturated rings. The zero-order chi connectivity index (χ0) is 17.8. The molecule has 5 rings (SSSR count). The van der Waals surface area contributed by atoms with E-state index >= 15 is 0 Å². The lowest BCUT2D eigenvalue weighted by atomic mass is 9.48. The van der Waals surface area contributed by atoms with E-state index in [9.17, 15) is 18.8 Å². The van der Waals surface area contributed by atoms with Gasteiger partial charge in [0.15, 0.2) is 0 Å².